The van der Waals surface area contributed by atoms with Crippen LogP contribution in [0.5, 0.6) is 0 Å². The summed E-state index contributed by atoms with van der Waals surface area (Å²) in [5, 5.41) is 17.4. The molecule has 2 rings (SSSR count). The van der Waals surface area contributed by atoms with Gasteiger partial charge in [0, 0.05) is 7.05 Å². The van der Waals surface area contributed by atoms with E-state index in [4.69, 9.17) is 10.9 Å². The van der Waals surface area contributed by atoms with E-state index in [1.165, 1.54) is 24.3 Å². The lowest BCUT2D eigenvalue weighted by atomic mass is 9.86. The number of nitrogens with zero attached hydrogens (tertiary/aromatic N) is 2. The Balaban J connectivity index is 2.43. The normalized spacial score (nSPS) is 20.6. The zero-order valence-electron chi connectivity index (χ0n) is 18.5. The minimum Gasteiger partial charge on any atom is -0.371 e. The zero-order valence-corrected chi connectivity index (χ0v) is 20.1. The number of carbonyl (C=O) groups is 1. The highest BCUT2D eigenvalue weighted by atomic mass is 32.3. The van der Waals surface area contributed by atoms with Crippen LogP contribution in [0, 0.1) is 11.6 Å². The fourth-order valence-corrected chi connectivity index (χ4v) is 6.52. The van der Waals surface area contributed by atoms with Gasteiger partial charge in [-0.3, -0.25) is 10.5 Å². The summed E-state index contributed by atoms with van der Waals surface area (Å²) in [6, 6.07) is 1.09. The van der Waals surface area contributed by atoms with Crippen molar-refractivity contribution in [3.05, 3.63) is 45.5 Å². The topological polar surface area (TPSA) is 122 Å². The highest BCUT2D eigenvalue weighted by Crippen LogP contribution is 2.36. The Morgan fingerprint density at radius 2 is 1.94 bits per heavy atom. The Hall–Kier alpha value is -1.53. The predicted molar refractivity (Wildman–Crippen MR) is 120 cm³/mol. The fourth-order valence-electron chi connectivity index (χ4n) is 3.60. The minimum absolute atomic E-state index is 0.103. The molecule has 1 aromatic carbocycles. The number of rotatable bonds is 6. The van der Waals surface area contributed by atoms with Crippen LogP contribution in [-0.2, 0) is 21.1 Å². The molecule has 174 valence electrons. The van der Waals surface area contributed by atoms with Crippen LogP contribution in [0.4, 0.5) is 8.78 Å². The summed E-state index contributed by atoms with van der Waals surface area (Å²) in [5.74, 6) is -3.33. The first kappa shape index (κ1) is 25.7. The lowest BCUT2D eigenvalue weighted by molar-refractivity contribution is -0.117. The second-order valence-electron chi connectivity index (χ2n) is 8.44. The van der Waals surface area contributed by atoms with Crippen LogP contribution < -0.4 is 10.9 Å². The van der Waals surface area contributed by atoms with E-state index in [1.807, 2.05) is 13.8 Å². The summed E-state index contributed by atoms with van der Waals surface area (Å²) in [6.07, 6.45) is -0.359. The maximum absolute atomic E-state index is 14.5. The molecular formula is C20H30F2N4O3S2. The molecule has 1 aliphatic heterocycles. The van der Waals surface area contributed by atoms with Gasteiger partial charge in [0.25, 0.3) is 5.91 Å². The molecule has 0 aliphatic carbocycles. The van der Waals surface area contributed by atoms with Crippen LogP contribution in [0.25, 0.3) is 0 Å². The van der Waals surface area contributed by atoms with Gasteiger partial charge in [0.2, 0.25) is 0 Å². The van der Waals surface area contributed by atoms with E-state index in [2.05, 4.69) is 4.36 Å². The number of halogens is 2. The quantitative estimate of drug-likeness (QED) is 0.543. The second-order valence-corrected chi connectivity index (χ2v) is 11.6. The lowest BCUT2D eigenvalue weighted by Crippen LogP contribution is -2.47. The van der Waals surface area contributed by atoms with Crippen molar-refractivity contribution in [1.82, 2.24) is 4.90 Å². The number of hydrogen-bond donors (Lipinski definition) is 3. The molecular weight excluding hydrogens is 446 g/mol. The number of aliphatic hydroxyl groups is 1. The molecule has 0 spiro atoms. The number of nitrogens with two attached hydrogens (primary N) is 2. The highest BCUT2D eigenvalue weighted by Gasteiger charge is 2.38. The van der Waals surface area contributed by atoms with Gasteiger partial charge < -0.3 is 10.0 Å². The molecule has 0 radical (unpaired) electrons. The van der Waals surface area contributed by atoms with Gasteiger partial charge >= 0.3 is 0 Å². The van der Waals surface area contributed by atoms with Gasteiger partial charge in [0.15, 0.2) is 22.1 Å². The third-order valence-electron chi connectivity index (χ3n) is 4.97. The van der Waals surface area contributed by atoms with E-state index < -0.39 is 37.9 Å². The third-order valence-corrected chi connectivity index (χ3v) is 8.43. The Labute approximate surface area is 186 Å². The second kappa shape index (κ2) is 9.14. The number of carbonyl (C=O) groups excluding carboxylic acids is 1. The van der Waals surface area contributed by atoms with Gasteiger partial charge in [-0.1, -0.05) is 39.5 Å². The van der Waals surface area contributed by atoms with Crippen LogP contribution >= 0.6 is 11.8 Å². The van der Waals surface area contributed by atoms with E-state index in [-0.39, 0.29) is 29.5 Å². The van der Waals surface area contributed by atoms with Gasteiger partial charge in [-0.15, -0.1) is 4.36 Å². The van der Waals surface area contributed by atoms with E-state index in [1.54, 1.807) is 13.8 Å². The van der Waals surface area contributed by atoms with Crippen LogP contribution in [0.1, 0.15) is 63.1 Å². The smallest absolute Gasteiger partial charge is 0.259 e. The number of likely N-dealkylation sites (N-methyl/N-ethyl adjacent to an activating group) is 1. The molecule has 3 unspecified atom stereocenters. The first-order valence-corrected chi connectivity index (χ1v) is 12.3. The van der Waals surface area contributed by atoms with Crippen molar-refractivity contribution in [3.63, 3.8) is 0 Å². The first-order chi connectivity index (χ1) is 14.1. The maximum Gasteiger partial charge on any atom is 0.259 e. The van der Waals surface area contributed by atoms with Crippen molar-refractivity contribution in [1.29, 1.82) is 0 Å². The fraction of sp³-hybridized carbons (Fsp3) is 0.550. The molecule has 0 saturated heterocycles. The van der Waals surface area contributed by atoms with Gasteiger partial charge in [0.05, 0.1) is 12.1 Å². The number of benzene rings is 1. The van der Waals surface area contributed by atoms with Gasteiger partial charge in [-0.25, -0.2) is 18.1 Å². The van der Waals surface area contributed by atoms with Crippen molar-refractivity contribution in [2.24, 2.45) is 15.2 Å². The number of thioether (sulfide) groups is 1. The van der Waals surface area contributed by atoms with Crippen molar-refractivity contribution < 1.29 is 22.9 Å². The van der Waals surface area contributed by atoms with Crippen molar-refractivity contribution in [2.45, 2.75) is 63.3 Å². The summed E-state index contributed by atoms with van der Waals surface area (Å²) in [6.45, 7) is 8.39. The van der Waals surface area contributed by atoms with Crippen LogP contribution in [0.15, 0.2) is 21.5 Å². The molecule has 0 saturated carbocycles. The molecule has 31 heavy (non-hydrogen) atoms. The number of hydrogen-bond acceptors (Lipinski definition) is 6. The third kappa shape index (κ3) is 5.46. The molecule has 1 aromatic rings. The highest BCUT2D eigenvalue weighted by molar-refractivity contribution is 8.15. The molecule has 7 nitrogen and oxygen atoms in total. The Morgan fingerprint density at radius 1 is 1.35 bits per heavy atom. The van der Waals surface area contributed by atoms with Gasteiger partial charge in [-0.05, 0) is 46.9 Å². The van der Waals surface area contributed by atoms with Crippen molar-refractivity contribution >= 4 is 27.6 Å². The van der Waals surface area contributed by atoms with E-state index in [0.29, 0.717) is 11.1 Å². The molecule has 11 heteroatoms. The zero-order chi connectivity index (χ0) is 23.9. The predicted octanol–water partition coefficient (Wildman–Crippen LogP) is 3.09. The van der Waals surface area contributed by atoms with Crippen LogP contribution in [-0.4, -0.2) is 37.6 Å². The minimum atomic E-state index is -3.58. The van der Waals surface area contributed by atoms with E-state index in [0.717, 1.165) is 17.8 Å². The summed E-state index contributed by atoms with van der Waals surface area (Å²) in [4.78, 5) is 14.2. The molecule has 0 bridgehead atoms. The Bertz CT molecular complexity index is 1030. The van der Waals surface area contributed by atoms with E-state index in [9.17, 15) is 22.9 Å². The monoisotopic (exact) mass is 476 g/mol. The molecule has 0 fully saturated rings. The average Bonchev–Trinajstić information content (AvgIpc) is 2.99. The summed E-state index contributed by atoms with van der Waals surface area (Å²) in [5.41, 5.74) is 5.23. The van der Waals surface area contributed by atoms with Crippen molar-refractivity contribution in [2.75, 3.05) is 7.05 Å². The maximum atomic E-state index is 14.5. The SMILES string of the molecule is CC(C)c1cc(F)c(F)c(C(C)C)c1CC(=O)N=S(N)(=O)C1SC=C(C(C)(N)O)N1C. The molecule has 3 atom stereocenters. The molecule has 1 amide bonds. The molecule has 1 heterocycles. The summed E-state index contributed by atoms with van der Waals surface area (Å²) >= 11 is 1.03. The Morgan fingerprint density at radius 3 is 2.39 bits per heavy atom. The average molecular weight is 477 g/mol. The molecule has 0 aromatic heterocycles. The van der Waals surface area contributed by atoms with Gasteiger partial charge in [-0.2, -0.15) is 0 Å². The van der Waals surface area contributed by atoms with Crippen LogP contribution in [0.3, 0.4) is 0 Å². The van der Waals surface area contributed by atoms with Crippen molar-refractivity contribution in [3.8, 4) is 0 Å². The van der Waals surface area contributed by atoms with E-state index >= 15 is 0 Å². The summed E-state index contributed by atoms with van der Waals surface area (Å²) < 4.78 is 44.5. The molecule has 5 N–H and O–H groups in total. The molecule has 1 aliphatic rings. The van der Waals surface area contributed by atoms with Crippen LogP contribution in [0.2, 0.25) is 0 Å². The largest absolute Gasteiger partial charge is 0.371 e. The summed E-state index contributed by atoms with van der Waals surface area (Å²) in [7, 11) is -2.04. The standard InChI is InChI=1S/C20H30F2N4O3S2/c1-10(2)12-7-14(21)18(22)17(11(3)4)13(12)8-16(27)25-31(24,29)19-26(6)15(9-30-19)20(5,23)28/h7,9-11,19,28H,8,23H2,1-6H3,(H2,24,25,27,29). The number of amides is 1. The lowest BCUT2D eigenvalue weighted by Gasteiger charge is -2.30. The first-order valence-electron chi connectivity index (χ1n) is 9.75. The Kier molecular flexibility index (Phi) is 7.59. The van der Waals surface area contributed by atoms with Gasteiger partial charge in [0.1, 0.15) is 9.92 Å².